The Balaban J connectivity index is 2.44. The van der Waals surface area contributed by atoms with E-state index in [2.05, 4.69) is 0 Å². The first-order valence-electron chi connectivity index (χ1n) is 3.63. The molecule has 0 bridgehead atoms. The zero-order valence-corrected chi connectivity index (χ0v) is 6.30. The van der Waals surface area contributed by atoms with Gasteiger partial charge < -0.3 is 14.6 Å². The first-order valence-corrected chi connectivity index (χ1v) is 3.63. The highest BCUT2D eigenvalue weighted by molar-refractivity contribution is 4.71. The van der Waals surface area contributed by atoms with Gasteiger partial charge in [0.25, 0.3) is 0 Å². The molecule has 3 heteroatoms. The average molecular weight is 146 g/mol. The summed E-state index contributed by atoms with van der Waals surface area (Å²) in [5.41, 5.74) is 0. The standard InChI is InChI=1S/C7H14O3/c1-9-7(6-8)4-2-3-5-10-7/h8H,2-6H2,1H3. The van der Waals surface area contributed by atoms with E-state index in [-0.39, 0.29) is 6.61 Å². The molecule has 0 radical (unpaired) electrons. The van der Waals surface area contributed by atoms with Gasteiger partial charge in [-0.25, -0.2) is 0 Å². The Kier molecular flexibility index (Phi) is 2.65. The van der Waals surface area contributed by atoms with Crippen molar-refractivity contribution in [3.05, 3.63) is 0 Å². The van der Waals surface area contributed by atoms with E-state index in [0.29, 0.717) is 6.61 Å². The summed E-state index contributed by atoms with van der Waals surface area (Å²) in [5, 5.41) is 8.89. The molecule has 0 amide bonds. The van der Waals surface area contributed by atoms with E-state index in [4.69, 9.17) is 14.6 Å². The van der Waals surface area contributed by atoms with Crippen LogP contribution in [0.4, 0.5) is 0 Å². The van der Waals surface area contributed by atoms with Crippen molar-refractivity contribution >= 4 is 0 Å². The summed E-state index contributed by atoms with van der Waals surface area (Å²) in [7, 11) is 1.57. The van der Waals surface area contributed by atoms with Crippen LogP contribution in [0, 0.1) is 0 Å². The van der Waals surface area contributed by atoms with Gasteiger partial charge >= 0.3 is 0 Å². The molecule has 10 heavy (non-hydrogen) atoms. The zero-order chi connectivity index (χ0) is 7.45. The Morgan fingerprint density at radius 1 is 1.60 bits per heavy atom. The Labute approximate surface area is 60.9 Å². The number of methoxy groups -OCH3 is 1. The maximum atomic E-state index is 8.89. The number of aliphatic hydroxyl groups excluding tert-OH is 1. The minimum atomic E-state index is -0.682. The normalized spacial score (nSPS) is 34.2. The molecule has 1 rings (SSSR count). The van der Waals surface area contributed by atoms with Crippen molar-refractivity contribution in [2.75, 3.05) is 20.3 Å². The maximum Gasteiger partial charge on any atom is 0.191 e. The fraction of sp³-hybridized carbons (Fsp3) is 1.00. The molecular weight excluding hydrogens is 132 g/mol. The van der Waals surface area contributed by atoms with Crippen LogP contribution in [0.15, 0.2) is 0 Å². The van der Waals surface area contributed by atoms with Crippen LogP contribution in [0.25, 0.3) is 0 Å². The molecule has 0 saturated carbocycles. The summed E-state index contributed by atoms with van der Waals surface area (Å²) in [5.74, 6) is -0.682. The molecule has 0 aromatic rings. The van der Waals surface area contributed by atoms with Crippen molar-refractivity contribution in [1.82, 2.24) is 0 Å². The van der Waals surface area contributed by atoms with Crippen LogP contribution >= 0.6 is 0 Å². The number of aliphatic hydroxyl groups is 1. The molecule has 0 aromatic carbocycles. The molecule has 0 spiro atoms. The second kappa shape index (κ2) is 3.32. The fourth-order valence-electron chi connectivity index (χ4n) is 1.18. The van der Waals surface area contributed by atoms with E-state index >= 15 is 0 Å². The molecule has 1 aliphatic rings. The fourth-order valence-corrected chi connectivity index (χ4v) is 1.18. The lowest BCUT2D eigenvalue weighted by atomic mass is 10.1. The molecule has 0 aliphatic carbocycles. The van der Waals surface area contributed by atoms with Crippen molar-refractivity contribution in [3.8, 4) is 0 Å². The van der Waals surface area contributed by atoms with Gasteiger partial charge in [-0.05, 0) is 12.8 Å². The van der Waals surface area contributed by atoms with Gasteiger partial charge in [0, 0.05) is 13.5 Å². The monoisotopic (exact) mass is 146 g/mol. The smallest absolute Gasteiger partial charge is 0.191 e. The van der Waals surface area contributed by atoms with Crippen molar-refractivity contribution < 1.29 is 14.6 Å². The summed E-state index contributed by atoms with van der Waals surface area (Å²) in [4.78, 5) is 0. The molecule has 1 atom stereocenters. The van der Waals surface area contributed by atoms with Crippen LogP contribution in [-0.4, -0.2) is 31.2 Å². The first kappa shape index (κ1) is 7.98. The van der Waals surface area contributed by atoms with Gasteiger partial charge in [-0.2, -0.15) is 0 Å². The van der Waals surface area contributed by atoms with E-state index in [1.807, 2.05) is 0 Å². The van der Waals surface area contributed by atoms with Crippen LogP contribution in [0.3, 0.4) is 0 Å². The van der Waals surface area contributed by atoms with Crippen molar-refractivity contribution in [2.24, 2.45) is 0 Å². The Morgan fingerprint density at radius 2 is 2.40 bits per heavy atom. The van der Waals surface area contributed by atoms with Gasteiger partial charge in [0.15, 0.2) is 5.79 Å². The van der Waals surface area contributed by atoms with Gasteiger partial charge in [-0.1, -0.05) is 0 Å². The molecule has 1 N–H and O–H groups in total. The van der Waals surface area contributed by atoms with E-state index in [0.717, 1.165) is 19.3 Å². The lowest BCUT2D eigenvalue weighted by Gasteiger charge is -2.33. The average Bonchev–Trinajstić information content (AvgIpc) is 2.06. The number of rotatable bonds is 2. The first-order chi connectivity index (χ1) is 4.83. The molecule has 1 heterocycles. The predicted molar refractivity (Wildman–Crippen MR) is 36.6 cm³/mol. The van der Waals surface area contributed by atoms with Crippen molar-refractivity contribution in [2.45, 2.75) is 25.0 Å². The summed E-state index contributed by atoms with van der Waals surface area (Å²) in [6, 6.07) is 0. The lowest BCUT2D eigenvalue weighted by molar-refractivity contribution is -0.258. The molecule has 1 fully saturated rings. The molecule has 1 aliphatic heterocycles. The van der Waals surface area contributed by atoms with Crippen LogP contribution in [-0.2, 0) is 9.47 Å². The van der Waals surface area contributed by atoms with E-state index < -0.39 is 5.79 Å². The van der Waals surface area contributed by atoms with Gasteiger partial charge in [0.1, 0.15) is 0 Å². The Hall–Kier alpha value is -0.120. The third-order valence-corrected chi connectivity index (χ3v) is 1.93. The second-order valence-corrected chi connectivity index (χ2v) is 2.58. The van der Waals surface area contributed by atoms with Crippen LogP contribution in [0.1, 0.15) is 19.3 Å². The summed E-state index contributed by atoms with van der Waals surface area (Å²) < 4.78 is 10.3. The minimum absolute atomic E-state index is 0.0382. The molecule has 1 saturated heterocycles. The van der Waals surface area contributed by atoms with Gasteiger partial charge in [0.05, 0.1) is 13.2 Å². The van der Waals surface area contributed by atoms with Crippen molar-refractivity contribution in [1.29, 1.82) is 0 Å². The predicted octanol–water partition coefficient (Wildman–Crippen LogP) is 0.522. The highest BCUT2D eigenvalue weighted by Crippen LogP contribution is 2.24. The Morgan fingerprint density at radius 3 is 2.70 bits per heavy atom. The Bertz CT molecular complexity index is 91.0. The van der Waals surface area contributed by atoms with Gasteiger partial charge in [-0.3, -0.25) is 0 Å². The summed E-state index contributed by atoms with van der Waals surface area (Å²) >= 11 is 0. The van der Waals surface area contributed by atoms with Crippen LogP contribution in [0.5, 0.6) is 0 Å². The van der Waals surface area contributed by atoms with Crippen molar-refractivity contribution in [3.63, 3.8) is 0 Å². The third-order valence-electron chi connectivity index (χ3n) is 1.93. The molecule has 60 valence electrons. The molecular formula is C7H14O3. The molecule has 0 aromatic heterocycles. The van der Waals surface area contributed by atoms with E-state index in [9.17, 15) is 0 Å². The summed E-state index contributed by atoms with van der Waals surface area (Å²) in [6.07, 6.45) is 2.96. The second-order valence-electron chi connectivity index (χ2n) is 2.58. The third kappa shape index (κ3) is 1.48. The van der Waals surface area contributed by atoms with Gasteiger partial charge in [0.2, 0.25) is 0 Å². The molecule has 3 nitrogen and oxygen atoms in total. The van der Waals surface area contributed by atoms with Gasteiger partial charge in [-0.15, -0.1) is 0 Å². The largest absolute Gasteiger partial charge is 0.391 e. The topological polar surface area (TPSA) is 38.7 Å². The van der Waals surface area contributed by atoms with Crippen LogP contribution < -0.4 is 0 Å². The number of hydrogen-bond donors (Lipinski definition) is 1. The highest BCUT2D eigenvalue weighted by Gasteiger charge is 2.31. The number of hydrogen-bond acceptors (Lipinski definition) is 3. The minimum Gasteiger partial charge on any atom is -0.391 e. The van der Waals surface area contributed by atoms with E-state index in [1.165, 1.54) is 0 Å². The van der Waals surface area contributed by atoms with Crippen LogP contribution in [0.2, 0.25) is 0 Å². The SMILES string of the molecule is COC1(CO)CCCCO1. The number of ether oxygens (including phenoxy) is 2. The quantitative estimate of drug-likeness (QED) is 0.617. The summed E-state index contributed by atoms with van der Waals surface area (Å²) in [6.45, 7) is 0.665. The maximum absolute atomic E-state index is 8.89. The molecule has 1 unspecified atom stereocenters. The van der Waals surface area contributed by atoms with E-state index in [1.54, 1.807) is 7.11 Å². The highest BCUT2D eigenvalue weighted by atomic mass is 16.7. The lowest BCUT2D eigenvalue weighted by Crippen LogP contribution is -2.41. The zero-order valence-electron chi connectivity index (χ0n) is 6.30.